The molecule has 0 saturated carbocycles. The number of carbonyl (C=O) groups excluding carboxylic acids is 1. The number of amides is 1. The molecule has 0 aliphatic heterocycles. The fourth-order valence-corrected chi connectivity index (χ4v) is 1.27. The fourth-order valence-electron chi connectivity index (χ4n) is 1.01. The molecule has 7 heteroatoms. The zero-order valence-electron chi connectivity index (χ0n) is 9.04. The van der Waals surface area contributed by atoms with Gasteiger partial charge in [0.05, 0.1) is 0 Å². The summed E-state index contributed by atoms with van der Waals surface area (Å²) >= 11 is 4.81. The maximum atomic E-state index is 11.7. The second-order valence-electron chi connectivity index (χ2n) is 3.32. The molecule has 1 rings (SSSR count). The first-order chi connectivity index (χ1) is 7.52. The maximum Gasteiger partial charge on any atom is 0.307 e. The number of hydrazine groups is 1. The molecule has 1 heterocycles. The Morgan fingerprint density at radius 1 is 1.50 bits per heavy atom. The predicted octanol–water partition coefficient (Wildman–Crippen LogP) is 0.0754. The van der Waals surface area contributed by atoms with E-state index in [1.807, 2.05) is 13.8 Å². The molecule has 0 saturated heterocycles. The number of aromatic nitrogens is 2. The number of hydrogen-bond acceptors (Lipinski definition) is 4. The average Bonchev–Trinajstić information content (AvgIpc) is 2.25. The van der Waals surface area contributed by atoms with Crippen LogP contribution in [0.15, 0.2) is 18.5 Å². The summed E-state index contributed by atoms with van der Waals surface area (Å²) in [6.07, 6.45) is 2.98. The molecular formula is C9H13N5OS. The molecule has 1 amide bonds. The third-order valence-electron chi connectivity index (χ3n) is 1.74. The molecule has 0 aliphatic rings. The topological polar surface area (TPSA) is 84.1 Å². The quantitative estimate of drug-likeness (QED) is 0.561. The first kappa shape index (κ1) is 12.3. The third-order valence-corrected chi connectivity index (χ3v) is 1.94. The van der Waals surface area contributed by atoms with Crippen LogP contribution in [0.2, 0.25) is 0 Å². The van der Waals surface area contributed by atoms with Gasteiger partial charge in [-0.15, -0.1) is 0 Å². The number of nitrogens with zero attached hydrogens (tertiary/aromatic N) is 3. The van der Waals surface area contributed by atoms with Crippen molar-refractivity contribution in [2.75, 3.05) is 0 Å². The number of carbonyl (C=O) groups is 1. The van der Waals surface area contributed by atoms with E-state index in [1.54, 1.807) is 6.07 Å². The summed E-state index contributed by atoms with van der Waals surface area (Å²) in [7, 11) is 0. The average molecular weight is 239 g/mol. The van der Waals surface area contributed by atoms with Gasteiger partial charge in [0.25, 0.3) is 0 Å². The molecule has 1 aromatic heterocycles. The van der Waals surface area contributed by atoms with Gasteiger partial charge in [-0.1, -0.05) is 0 Å². The fraction of sp³-hybridized carbons (Fsp3) is 0.333. The van der Waals surface area contributed by atoms with Gasteiger partial charge in [-0.25, -0.2) is 9.97 Å². The van der Waals surface area contributed by atoms with Crippen molar-refractivity contribution in [2.24, 2.45) is 5.73 Å². The highest BCUT2D eigenvalue weighted by Gasteiger charge is 2.16. The van der Waals surface area contributed by atoms with Crippen molar-refractivity contribution in [3.63, 3.8) is 0 Å². The van der Waals surface area contributed by atoms with Gasteiger partial charge in [-0.2, -0.15) is 0 Å². The Morgan fingerprint density at radius 3 is 2.50 bits per heavy atom. The molecule has 0 unspecified atom stereocenters. The summed E-state index contributed by atoms with van der Waals surface area (Å²) in [5.41, 5.74) is 8.00. The number of nitrogens with one attached hydrogen (secondary N) is 1. The van der Waals surface area contributed by atoms with Crippen LogP contribution in [0.3, 0.4) is 0 Å². The second kappa shape index (κ2) is 5.36. The first-order valence-corrected chi connectivity index (χ1v) is 5.10. The molecular weight excluding hydrogens is 226 g/mol. The Balaban J connectivity index is 2.74. The normalized spacial score (nSPS) is 9.94. The van der Waals surface area contributed by atoms with Crippen molar-refractivity contribution in [2.45, 2.75) is 19.9 Å². The zero-order chi connectivity index (χ0) is 12.1. The zero-order valence-corrected chi connectivity index (χ0v) is 9.86. The van der Waals surface area contributed by atoms with Crippen LogP contribution in [0.5, 0.6) is 0 Å². The Labute approximate surface area is 98.8 Å². The van der Waals surface area contributed by atoms with Crippen LogP contribution in [-0.2, 0) is 0 Å². The summed E-state index contributed by atoms with van der Waals surface area (Å²) in [5.74, 6) is -0.369. The lowest BCUT2D eigenvalue weighted by atomic mass is 10.4. The van der Waals surface area contributed by atoms with Gasteiger partial charge in [0.15, 0.2) is 5.11 Å². The minimum atomic E-state index is -0.442. The van der Waals surface area contributed by atoms with E-state index < -0.39 is 5.91 Å². The van der Waals surface area contributed by atoms with Crippen molar-refractivity contribution in [3.05, 3.63) is 24.3 Å². The lowest BCUT2D eigenvalue weighted by Gasteiger charge is -2.26. The first-order valence-electron chi connectivity index (χ1n) is 4.69. The predicted molar refractivity (Wildman–Crippen MR) is 63.3 cm³/mol. The van der Waals surface area contributed by atoms with Crippen molar-refractivity contribution in [1.82, 2.24) is 20.4 Å². The van der Waals surface area contributed by atoms with E-state index in [0.717, 1.165) is 0 Å². The summed E-state index contributed by atoms with van der Waals surface area (Å²) in [6, 6.07) is 1.59. The van der Waals surface area contributed by atoms with Crippen molar-refractivity contribution >= 4 is 23.2 Å². The van der Waals surface area contributed by atoms with Crippen LogP contribution < -0.4 is 11.2 Å². The summed E-state index contributed by atoms with van der Waals surface area (Å²) in [6.45, 7) is 3.70. The number of hydrogen-bond donors (Lipinski definition) is 2. The Kier molecular flexibility index (Phi) is 4.12. The molecule has 0 aliphatic carbocycles. The van der Waals surface area contributed by atoms with Crippen LogP contribution in [-0.4, -0.2) is 32.0 Å². The van der Waals surface area contributed by atoms with Crippen LogP contribution in [0, 0.1) is 0 Å². The molecule has 3 N–H and O–H groups in total. The minimum absolute atomic E-state index is 0.0369. The van der Waals surface area contributed by atoms with Crippen LogP contribution in [0.1, 0.15) is 24.5 Å². The SMILES string of the molecule is CC(C)N(NC(=O)c1ncccn1)C(N)=S. The summed E-state index contributed by atoms with van der Waals surface area (Å²) in [4.78, 5) is 19.3. The smallest absolute Gasteiger partial charge is 0.307 e. The van der Waals surface area contributed by atoms with Crippen LogP contribution in [0.4, 0.5) is 0 Å². The van der Waals surface area contributed by atoms with E-state index >= 15 is 0 Å². The molecule has 86 valence electrons. The largest absolute Gasteiger partial charge is 0.375 e. The van der Waals surface area contributed by atoms with Crippen LogP contribution in [0.25, 0.3) is 0 Å². The van der Waals surface area contributed by atoms with Crippen molar-refractivity contribution in [3.8, 4) is 0 Å². The number of rotatable bonds is 2. The van der Waals surface area contributed by atoms with E-state index in [2.05, 4.69) is 15.4 Å². The third kappa shape index (κ3) is 3.13. The van der Waals surface area contributed by atoms with E-state index in [-0.39, 0.29) is 17.0 Å². The molecule has 0 spiro atoms. The molecule has 0 fully saturated rings. The lowest BCUT2D eigenvalue weighted by molar-refractivity contribution is 0.0836. The standard InChI is InChI=1S/C9H13N5OS/c1-6(2)14(9(10)16)13-8(15)7-11-4-3-5-12-7/h3-6H,1-2H3,(H2,10,16)(H,13,15). The summed E-state index contributed by atoms with van der Waals surface area (Å²) in [5, 5.41) is 1.48. The van der Waals surface area contributed by atoms with Gasteiger partial charge in [0.2, 0.25) is 5.82 Å². The highest BCUT2D eigenvalue weighted by Crippen LogP contribution is 1.95. The molecule has 6 nitrogen and oxygen atoms in total. The highest BCUT2D eigenvalue weighted by molar-refractivity contribution is 7.80. The lowest BCUT2D eigenvalue weighted by Crippen LogP contribution is -2.52. The minimum Gasteiger partial charge on any atom is -0.375 e. The molecule has 0 radical (unpaired) electrons. The van der Waals surface area contributed by atoms with Gasteiger partial charge in [-0.05, 0) is 32.1 Å². The Hall–Kier alpha value is -1.76. The van der Waals surface area contributed by atoms with Crippen molar-refractivity contribution < 1.29 is 4.79 Å². The van der Waals surface area contributed by atoms with Gasteiger partial charge < -0.3 is 5.73 Å². The Morgan fingerprint density at radius 2 is 2.06 bits per heavy atom. The van der Waals surface area contributed by atoms with E-state index in [4.69, 9.17) is 18.0 Å². The number of nitrogens with two attached hydrogens (primary N) is 1. The molecule has 0 bridgehead atoms. The highest BCUT2D eigenvalue weighted by atomic mass is 32.1. The molecule has 0 atom stereocenters. The van der Waals surface area contributed by atoms with Gasteiger partial charge in [0.1, 0.15) is 0 Å². The molecule has 0 aromatic carbocycles. The monoisotopic (exact) mass is 239 g/mol. The van der Waals surface area contributed by atoms with Gasteiger partial charge >= 0.3 is 5.91 Å². The molecule has 16 heavy (non-hydrogen) atoms. The van der Waals surface area contributed by atoms with Crippen LogP contribution >= 0.6 is 12.2 Å². The van der Waals surface area contributed by atoms with E-state index in [1.165, 1.54) is 17.4 Å². The maximum absolute atomic E-state index is 11.7. The van der Waals surface area contributed by atoms with E-state index in [0.29, 0.717) is 0 Å². The summed E-state index contributed by atoms with van der Waals surface area (Å²) < 4.78 is 0. The van der Waals surface area contributed by atoms with Gasteiger partial charge in [0, 0.05) is 18.4 Å². The van der Waals surface area contributed by atoms with E-state index in [9.17, 15) is 4.79 Å². The molecule has 1 aromatic rings. The Bertz CT molecular complexity index is 381. The van der Waals surface area contributed by atoms with Crippen molar-refractivity contribution in [1.29, 1.82) is 0 Å². The second-order valence-corrected chi connectivity index (χ2v) is 3.73. The van der Waals surface area contributed by atoms with Gasteiger partial charge in [-0.3, -0.25) is 15.2 Å². The number of thiocarbonyl (C=S) groups is 1.